The van der Waals surface area contributed by atoms with Gasteiger partial charge in [-0.25, -0.2) is 0 Å². The number of hydrogen-bond acceptors (Lipinski definition) is 3. The molecular weight excluding hydrogens is 220 g/mol. The lowest BCUT2D eigenvalue weighted by Gasteiger charge is -2.13. The maximum absolute atomic E-state index is 11.1. The van der Waals surface area contributed by atoms with Gasteiger partial charge in [-0.2, -0.15) is 0 Å². The molecule has 1 rings (SSSR count). The van der Waals surface area contributed by atoms with Gasteiger partial charge in [0.25, 0.3) is 0 Å². The largest absolute Gasteiger partial charge is 0.481 e. The Hall–Kier alpha value is -1.39. The van der Waals surface area contributed by atoms with E-state index in [1.807, 2.05) is 18.2 Å². The van der Waals surface area contributed by atoms with Gasteiger partial charge in [0.15, 0.2) is 0 Å². The van der Waals surface area contributed by atoms with Crippen molar-refractivity contribution in [3.8, 4) is 0 Å². The monoisotopic (exact) mass is 238 g/mol. The summed E-state index contributed by atoms with van der Waals surface area (Å²) in [7, 11) is 1.63. The maximum atomic E-state index is 11.1. The predicted molar refractivity (Wildman–Crippen MR) is 64.1 cm³/mol. The molecular formula is C13H18O4. The van der Waals surface area contributed by atoms with Gasteiger partial charge in [0.2, 0.25) is 0 Å². The van der Waals surface area contributed by atoms with E-state index >= 15 is 0 Å². The van der Waals surface area contributed by atoms with E-state index in [1.165, 1.54) is 0 Å². The van der Waals surface area contributed by atoms with Gasteiger partial charge in [-0.1, -0.05) is 30.3 Å². The molecule has 0 amide bonds. The van der Waals surface area contributed by atoms with Crippen molar-refractivity contribution in [2.24, 2.45) is 0 Å². The zero-order valence-corrected chi connectivity index (χ0v) is 9.96. The summed E-state index contributed by atoms with van der Waals surface area (Å²) in [5, 5.41) is 9.12. The minimum Gasteiger partial charge on any atom is -0.481 e. The van der Waals surface area contributed by atoms with Gasteiger partial charge in [0, 0.05) is 20.3 Å². The fourth-order valence-electron chi connectivity index (χ4n) is 1.50. The topological polar surface area (TPSA) is 55.8 Å². The second kappa shape index (κ2) is 7.81. The van der Waals surface area contributed by atoms with Crippen LogP contribution in [-0.4, -0.2) is 38.0 Å². The van der Waals surface area contributed by atoms with Gasteiger partial charge >= 0.3 is 5.97 Å². The Labute approximate surface area is 101 Å². The van der Waals surface area contributed by atoms with Crippen LogP contribution in [0.3, 0.4) is 0 Å². The number of carboxylic acid groups (broad SMARTS) is 1. The molecule has 0 spiro atoms. The molecule has 0 saturated heterocycles. The molecule has 1 aromatic rings. The normalized spacial score (nSPS) is 12.3. The third kappa shape index (κ3) is 4.97. The smallest absolute Gasteiger partial charge is 0.313 e. The Balaban J connectivity index is 2.42. The molecule has 4 heteroatoms. The first-order valence-electron chi connectivity index (χ1n) is 5.60. The van der Waals surface area contributed by atoms with Gasteiger partial charge in [0.05, 0.1) is 6.61 Å². The molecule has 4 nitrogen and oxygen atoms in total. The summed E-state index contributed by atoms with van der Waals surface area (Å²) in [5.41, 5.74) is 0.770. The molecule has 0 radical (unpaired) electrons. The molecule has 0 aliphatic carbocycles. The molecule has 0 fully saturated rings. The summed E-state index contributed by atoms with van der Waals surface area (Å²) in [6, 6.07) is 9.13. The fraction of sp³-hybridized carbons (Fsp3) is 0.462. The Bertz CT molecular complexity index is 323. The molecule has 0 heterocycles. The average molecular weight is 238 g/mol. The van der Waals surface area contributed by atoms with Crippen LogP contribution >= 0.6 is 0 Å². The van der Waals surface area contributed by atoms with Crippen molar-refractivity contribution in [2.75, 3.05) is 26.9 Å². The summed E-state index contributed by atoms with van der Waals surface area (Å²) in [6.07, 6.45) is 0.775. The first-order valence-corrected chi connectivity index (χ1v) is 5.60. The van der Waals surface area contributed by atoms with Crippen LogP contribution in [0.25, 0.3) is 0 Å². The lowest BCUT2D eigenvalue weighted by atomic mass is 10.0. The second-order valence-electron chi connectivity index (χ2n) is 3.72. The molecule has 0 aromatic heterocycles. The number of ether oxygens (including phenoxy) is 2. The third-order valence-corrected chi connectivity index (χ3v) is 2.42. The van der Waals surface area contributed by atoms with Crippen LogP contribution in [0.1, 0.15) is 17.9 Å². The van der Waals surface area contributed by atoms with Crippen molar-refractivity contribution in [3.05, 3.63) is 35.9 Å². The van der Waals surface area contributed by atoms with E-state index in [9.17, 15) is 4.79 Å². The Morgan fingerprint density at radius 1 is 1.29 bits per heavy atom. The first kappa shape index (κ1) is 13.7. The Morgan fingerprint density at radius 3 is 2.59 bits per heavy atom. The summed E-state index contributed by atoms with van der Waals surface area (Å²) in [6.45, 7) is 1.34. The number of aliphatic carboxylic acids is 1. The van der Waals surface area contributed by atoms with Gasteiger partial charge in [-0.15, -0.1) is 0 Å². The van der Waals surface area contributed by atoms with Gasteiger partial charge in [0.1, 0.15) is 5.92 Å². The molecule has 0 aliphatic heterocycles. The van der Waals surface area contributed by atoms with Crippen molar-refractivity contribution in [3.63, 3.8) is 0 Å². The van der Waals surface area contributed by atoms with Crippen molar-refractivity contribution >= 4 is 5.97 Å². The first-order chi connectivity index (χ1) is 8.25. The van der Waals surface area contributed by atoms with Crippen molar-refractivity contribution in [1.82, 2.24) is 0 Å². The predicted octanol–water partition coefficient (Wildman–Crippen LogP) is 1.91. The number of benzene rings is 1. The van der Waals surface area contributed by atoms with E-state index in [2.05, 4.69) is 0 Å². The lowest BCUT2D eigenvalue weighted by Crippen LogP contribution is -2.18. The van der Waals surface area contributed by atoms with Crippen LogP contribution in [0.15, 0.2) is 30.3 Å². The van der Waals surface area contributed by atoms with E-state index in [0.717, 1.165) is 12.0 Å². The highest BCUT2D eigenvalue weighted by atomic mass is 16.5. The van der Waals surface area contributed by atoms with Crippen LogP contribution in [0.5, 0.6) is 0 Å². The third-order valence-electron chi connectivity index (χ3n) is 2.42. The number of carboxylic acids is 1. The van der Waals surface area contributed by atoms with E-state index in [1.54, 1.807) is 19.2 Å². The highest BCUT2D eigenvalue weighted by Crippen LogP contribution is 2.16. The minimum absolute atomic E-state index is 0.197. The van der Waals surface area contributed by atoms with Gasteiger partial charge in [-0.3, -0.25) is 4.79 Å². The van der Waals surface area contributed by atoms with E-state index in [4.69, 9.17) is 14.6 Å². The molecule has 0 aliphatic rings. The SMILES string of the molecule is COCCCOCC(C(=O)O)c1ccccc1. The summed E-state index contributed by atoms with van der Waals surface area (Å²) < 4.78 is 10.2. The highest BCUT2D eigenvalue weighted by molar-refractivity contribution is 5.76. The summed E-state index contributed by atoms with van der Waals surface area (Å²) in [4.78, 5) is 11.1. The number of rotatable bonds is 8. The van der Waals surface area contributed by atoms with Gasteiger partial charge < -0.3 is 14.6 Å². The number of hydrogen-bond donors (Lipinski definition) is 1. The van der Waals surface area contributed by atoms with E-state index < -0.39 is 11.9 Å². The molecule has 0 saturated carbocycles. The molecule has 94 valence electrons. The van der Waals surface area contributed by atoms with Crippen molar-refractivity contribution in [1.29, 1.82) is 0 Å². The molecule has 0 bridgehead atoms. The molecule has 17 heavy (non-hydrogen) atoms. The van der Waals surface area contributed by atoms with E-state index in [0.29, 0.717) is 13.2 Å². The van der Waals surface area contributed by atoms with Crippen LogP contribution in [0.2, 0.25) is 0 Å². The minimum atomic E-state index is -0.858. The standard InChI is InChI=1S/C13H18O4/c1-16-8-5-9-17-10-12(13(14)15)11-6-3-2-4-7-11/h2-4,6-7,12H,5,8-10H2,1H3,(H,14,15). The average Bonchev–Trinajstić information content (AvgIpc) is 2.34. The van der Waals surface area contributed by atoms with Gasteiger partial charge in [-0.05, 0) is 12.0 Å². The molecule has 1 N–H and O–H groups in total. The maximum Gasteiger partial charge on any atom is 0.313 e. The van der Waals surface area contributed by atoms with E-state index in [-0.39, 0.29) is 6.61 Å². The number of carbonyl (C=O) groups is 1. The zero-order chi connectivity index (χ0) is 12.5. The molecule has 1 aromatic carbocycles. The fourth-order valence-corrected chi connectivity index (χ4v) is 1.50. The van der Waals surface area contributed by atoms with Crippen LogP contribution in [0.4, 0.5) is 0 Å². The summed E-state index contributed by atoms with van der Waals surface area (Å²) >= 11 is 0. The number of methoxy groups -OCH3 is 1. The van der Waals surface area contributed by atoms with Crippen LogP contribution in [0, 0.1) is 0 Å². The Morgan fingerprint density at radius 2 is 2.00 bits per heavy atom. The van der Waals surface area contributed by atoms with Crippen molar-refractivity contribution < 1.29 is 19.4 Å². The Kier molecular flexibility index (Phi) is 6.29. The lowest BCUT2D eigenvalue weighted by molar-refractivity contribution is -0.140. The molecule has 1 unspecified atom stereocenters. The highest BCUT2D eigenvalue weighted by Gasteiger charge is 2.19. The van der Waals surface area contributed by atoms with Crippen LogP contribution in [-0.2, 0) is 14.3 Å². The quantitative estimate of drug-likeness (QED) is 0.703. The molecule has 1 atom stereocenters. The second-order valence-corrected chi connectivity index (χ2v) is 3.72. The van der Waals surface area contributed by atoms with Crippen molar-refractivity contribution in [2.45, 2.75) is 12.3 Å². The zero-order valence-electron chi connectivity index (χ0n) is 9.96. The summed E-state index contributed by atoms with van der Waals surface area (Å²) in [5.74, 6) is -1.46. The van der Waals surface area contributed by atoms with Crippen LogP contribution < -0.4 is 0 Å².